The van der Waals surface area contributed by atoms with Gasteiger partial charge >= 0.3 is 5.97 Å². The molecule has 0 saturated heterocycles. The number of nitrogens with zero attached hydrogens (tertiary/aromatic N) is 1. The van der Waals surface area contributed by atoms with E-state index in [-0.39, 0.29) is 33.7 Å². The van der Waals surface area contributed by atoms with Crippen LogP contribution in [0, 0.1) is 5.82 Å². The van der Waals surface area contributed by atoms with Gasteiger partial charge in [0.15, 0.2) is 11.5 Å². The Kier molecular flexibility index (Phi) is 6.56. The summed E-state index contributed by atoms with van der Waals surface area (Å²) in [6, 6.07) is 12.7. The molecule has 160 valence electrons. The smallest absolute Gasteiger partial charge is 0.355 e. The number of carboxylic acid groups (broad SMARTS) is 1. The number of halogens is 2. The van der Waals surface area contributed by atoms with Crippen molar-refractivity contribution in [2.45, 2.75) is 39.5 Å². The Bertz CT molecular complexity index is 1150. The predicted octanol–water partition coefficient (Wildman–Crippen LogP) is 6.72. The van der Waals surface area contributed by atoms with E-state index in [4.69, 9.17) is 11.6 Å². The molecular formula is C25H23ClFNO3. The van der Waals surface area contributed by atoms with E-state index in [9.17, 15) is 19.1 Å². The zero-order chi connectivity index (χ0) is 22.9. The first-order valence-electron chi connectivity index (χ1n) is 9.99. The van der Waals surface area contributed by atoms with Gasteiger partial charge in [-0.2, -0.15) is 0 Å². The Hall–Kier alpha value is -3.05. The fraction of sp³-hybridized carbons (Fsp3) is 0.240. The molecule has 2 aromatic carbocycles. The van der Waals surface area contributed by atoms with Crippen LogP contribution in [0.15, 0.2) is 48.5 Å². The van der Waals surface area contributed by atoms with Crippen LogP contribution in [-0.2, 0) is 0 Å². The van der Waals surface area contributed by atoms with Gasteiger partial charge in [0.05, 0.1) is 16.3 Å². The Morgan fingerprint density at radius 2 is 1.55 bits per heavy atom. The third-order valence-electron chi connectivity index (χ3n) is 5.15. The molecule has 1 aromatic heterocycles. The van der Waals surface area contributed by atoms with Gasteiger partial charge in [0, 0.05) is 11.1 Å². The summed E-state index contributed by atoms with van der Waals surface area (Å²) in [4.78, 5) is 29.8. The van der Waals surface area contributed by atoms with Crippen LogP contribution in [0.4, 0.5) is 4.39 Å². The Labute approximate surface area is 185 Å². The van der Waals surface area contributed by atoms with Gasteiger partial charge in [0.2, 0.25) is 0 Å². The number of aromatic nitrogens is 1. The van der Waals surface area contributed by atoms with Crippen molar-refractivity contribution in [1.29, 1.82) is 0 Å². The molecule has 4 nitrogen and oxygen atoms in total. The highest BCUT2D eigenvalue weighted by Crippen LogP contribution is 2.34. The summed E-state index contributed by atoms with van der Waals surface area (Å²) in [7, 11) is 0. The fourth-order valence-corrected chi connectivity index (χ4v) is 3.87. The van der Waals surface area contributed by atoms with Gasteiger partial charge < -0.3 is 5.11 Å². The number of carboxylic acids is 1. The van der Waals surface area contributed by atoms with E-state index in [0.717, 1.165) is 11.1 Å². The normalized spacial score (nSPS) is 11.2. The summed E-state index contributed by atoms with van der Waals surface area (Å²) >= 11 is 6.37. The molecule has 0 aliphatic heterocycles. The molecule has 0 aliphatic rings. The highest BCUT2D eigenvalue weighted by atomic mass is 35.5. The highest BCUT2D eigenvalue weighted by Gasteiger charge is 2.28. The van der Waals surface area contributed by atoms with Crippen molar-refractivity contribution >= 4 is 23.4 Å². The molecule has 0 amide bonds. The summed E-state index contributed by atoms with van der Waals surface area (Å²) in [5.74, 6) is -2.33. The molecular weight excluding hydrogens is 417 g/mol. The van der Waals surface area contributed by atoms with Gasteiger partial charge in [-0.25, -0.2) is 14.2 Å². The Morgan fingerprint density at radius 1 is 0.968 bits per heavy atom. The third kappa shape index (κ3) is 4.37. The van der Waals surface area contributed by atoms with Crippen molar-refractivity contribution in [2.75, 3.05) is 0 Å². The zero-order valence-electron chi connectivity index (χ0n) is 17.7. The third-order valence-corrected chi connectivity index (χ3v) is 5.44. The second-order valence-electron chi connectivity index (χ2n) is 7.95. The SMILES string of the molecule is CC(C)c1cccc(C(C)C)c1C(=O)c1cc(Cl)c(-c2ccccc2F)nc1C(=O)O. The first kappa shape index (κ1) is 22.6. The van der Waals surface area contributed by atoms with Crippen molar-refractivity contribution in [2.24, 2.45) is 0 Å². The van der Waals surface area contributed by atoms with Crippen molar-refractivity contribution in [3.63, 3.8) is 0 Å². The predicted molar refractivity (Wildman–Crippen MR) is 120 cm³/mol. The van der Waals surface area contributed by atoms with Crippen LogP contribution in [-0.4, -0.2) is 21.8 Å². The molecule has 1 N–H and O–H groups in total. The quantitative estimate of drug-likeness (QED) is 0.433. The second kappa shape index (κ2) is 8.98. The van der Waals surface area contributed by atoms with Gasteiger partial charge in [-0.3, -0.25) is 4.79 Å². The summed E-state index contributed by atoms with van der Waals surface area (Å²) in [6.07, 6.45) is 0. The molecule has 1 heterocycles. The van der Waals surface area contributed by atoms with Crippen LogP contribution >= 0.6 is 11.6 Å². The minimum Gasteiger partial charge on any atom is -0.476 e. The first-order chi connectivity index (χ1) is 14.6. The average molecular weight is 440 g/mol. The van der Waals surface area contributed by atoms with Crippen molar-refractivity contribution in [3.05, 3.63) is 87.3 Å². The standard InChI is InChI=1S/C25H23ClFNO3/c1-13(2)15-9-7-10-16(14(3)4)21(15)24(29)18-12-19(26)22(28-23(18)25(30)31)17-8-5-6-11-20(17)27/h5-14H,1-4H3,(H,30,31). The molecule has 0 bridgehead atoms. The maximum Gasteiger partial charge on any atom is 0.355 e. The second-order valence-corrected chi connectivity index (χ2v) is 8.36. The maximum absolute atomic E-state index is 14.3. The van der Waals surface area contributed by atoms with Crippen LogP contribution in [0.5, 0.6) is 0 Å². The fourth-order valence-electron chi connectivity index (χ4n) is 3.62. The summed E-state index contributed by atoms with van der Waals surface area (Å²) in [5, 5.41) is 9.80. The summed E-state index contributed by atoms with van der Waals surface area (Å²) in [6.45, 7) is 7.89. The number of benzene rings is 2. The van der Waals surface area contributed by atoms with Crippen molar-refractivity contribution in [1.82, 2.24) is 4.98 Å². The van der Waals surface area contributed by atoms with Gasteiger partial charge in [0.25, 0.3) is 0 Å². The van der Waals surface area contributed by atoms with E-state index in [1.807, 2.05) is 45.9 Å². The Morgan fingerprint density at radius 3 is 2.06 bits per heavy atom. The van der Waals surface area contributed by atoms with Crippen molar-refractivity contribution < 1.29 is 19.1 Å². The molecule has 0 fully saturated rings. The van der Waals surface area contributed by atoms with E-state index in [1.54, 1.807) is 6.07 Å². The molecule has 0 spiro atoms. The van der Waals surface area contributed by atoms with Crippen LogP contribution < -0.4 is 0 Å². The van der Waals surface area contributed by atoms with Crippen molar-refractivity contribution in [3.8, 4) is 11.3 Å². The Balaban J connectivity index is 2.28. The number of hydrogen-bond acceptors (Lipinski definition) is 3. The molecule has 31 heavy (non-hydrogen) atoms. The van der Waals surface area contributed by atoms with E-state index in [1.165, 1.54) is 24.3 Å². The molecule has 0 saturated carbocycles. The van der Waals surface area contributed by atoms with Gasteiger partial charge in [-0.15, -0.1) is 0 Å². The molecule has 0 radical (unpaired) electrons. The lowest BCUT2D eigenvalue weighted by molar-refractivity contribution is 0.0686. The number of hydrogen-bond donors (Lipinski definition) is 1. The topological polar surface area (TPSA) is 67.3 Å². The number of pyridine rings is 1. The number of aromatic carboxylic acids is 1. The van der Waals surface area contributed by atoms with E-state index in [0.29, 0.717) is 5.56 Å². The highest BCUT2D eigenvalue weighted by molar-refractivity contribution is 6.34. The lowest BCUT2D eigenvalue weighted by Crippen LogP contribution is -2.17. The number of carbonyl (C=O) groups is 2. The van der Waals surface area contributed by atoms with E-state index >= 15 is 0 Å². The van der Waals surface area contributed by atoms with Gasteiger partial charge in [-0.1, -0.05) is 69.6 Å². The molecule has 0 aliphatic carbocycles. The monoisotopic (exact) mass is 439 g/mol. The van der Waals surface area contributed by atoms with Gasteiger partial charge in [0.1, 0.15) is 5.82 Å². The molecule has 0 atom stereocenters. The maximum atomic E-state index is 14.3. The van der Waals surface area contributed by atoms with Crippen LogP contribution in [0.2, 0.25) is 5.02 Å². The number of ketones is 1. The summed E-state index contributed by atoms with van der Waals surface area (Å²) in [5.41, 5.74) is 1.58. The minimum atomic E-state index is -1.38. The van der Waals surface area contributed by atoms with E-state index < -0.39 is 23.3 Å². The van der Waals surface area contributed by atoms with Gasteiger partial charge in [-0.05, 0) is 41.2 Å². The summed E-state index contributed by atoms with van der Waals surface area (Å²) < 4.78 is 14.3. The zero-order valence-corrected chi connectivity index (χ0v) is 18.5. The number of carbonyl (C=O) groups excluding carboxylic acids is 1. The molecule has 3 aromatic rings. The molecule has 0 unspecified atom stereocenters. The minimum absolute atomic E-state index is 0.00609. The lowest BCUT2D eigenvalue weighted by Gasteiger charge is -2.19. The number of rotatable bonds is 6. The van der Waals surface area contributed by atoms with E-state index in [2.05, 4.69) is 4.98 Å². The van der Waals surface area contributed by atoms with Crippen LogP contribution in [0.25, 0.3) is 11.3 Å². The average Bonchev–Trinajstić information content (AvgIpc) is 2.72. The van der Waals surface area contributed by atoms with Crippen LogP contribution in [0.1, 0.15) is 77.1 Å². The molecule has 3 rings (SSSR count). The molecule has 6 heteroatoms. The lowest BCUT2D eigenvalue weighted by atomic mass is 9.84. The first-order valence-corrected chi connectivity index (χ1v) is 10.4. The largest absolute Gasteiger partial charge is 0.476 e. The van der Waals surface area contributed by atoms with Crippen LogP contribution in [0.3, 0.4) is 0 Å².